The second-order valence-electron chi connectivity index (χ2n) is 4.91. The standard InChI is InChI=1S/C16H21N3O2/c1-4-12-9-13(19(5-2)18-12)10-21-16(20)15-11(3)7-6-8-14(15)17/h6-9H,4-5,10,17H2,1-3H3. The van der Waals surface area contributed by atoms with Crippen molar-refractivity contribution >= 4 is 11.7 Å². The van der Waals surface area contributed by atoms with E-state index in [4.69, 9.17) is 10.5 Å². The Morgan fingerprint density at radius 3 is 2.76 bits per heavy atom. The van der Waals surface area contributed by atoms with Crippen molar-refractivity contribution in [1.82, 2.24) is 9.78 Å². The molecule has 0 fully saturated rings. The van der Waals surface area contributed by atoms with Crippen LogP contribution in [0, 0.1) is 6.92 Å². The lowest BCUT2D eigenvalue weighted by Crippen LogP contribution is -2.12. The van der Waals surface area contributed by atoms with Gasteiger partial charge >= 0.3 is 5.97 Å². The van der Waals surface area contributed by atoms with E-state index in [1.54, 1.807) is 6.07 Å². The maximum Gasteiger partial charge on any atom is 0.340 e. The minimum absolute atomic E-state index is 0.202. The van der Waals surface area contributed by atoms with Crippen LogP contribution in [0.15, 0.2) is 24.3 Å². The molecule has 0 bridgehead atoms. The van der Waals surface area contributed by atoms with Gasteiger partial charge < -0.3 is 10.5 Å². The lowest BCUT2D eigenvalue weighted by molar-refractivity contribution is 0.0463. The van der Waals surface area contributed by atoms with Crippen LogP contribution in [0.2, 0.25) is 0 Å². The number of anilines is 1. The molecule has 5 nitrogen and oxygen atoms in total. The van der Waals surface area contributed by atoms with E-state index >= 15 is 0 Å². The van der Waals surface area contributed by atoms with Gasteiger partial charge in [-0.05, 0) is 38.0 Å². The molecule has 0 saturated carbocycles. The Kier molecular flexibility index (Phi) is 4.62. The van der Waals surface area contributed by atoms with Crippen molar-refractivity contribution < 1.29 is 9.53 Å². The van der Waals surface area contributed by atoms with Crippen LogP contribution in [0.1, 0.15) is 41.2 Å². The third kappa shape index (κ3) is 3.24. The Morgan fingerprint density at radius 2 is 2.14 bits per heavy atom. The number of nitrogens with zero attached hydrogens (tertiary/aromatic N) is 2. The summed E-state index contributed by atoms with van der Waals surface area (Å²) in [5.74, 6) is -0.396. The number of nitrogen functional groups attached to an aromatic ring is 1. The van der Waals surface area contributed by atoms with Gasteiger partial charge in [0, 0.05) is 12.2 Å². The average Bonchev–Trinajstić information content (AvgIpc) is 2.87. The highest BCUT2D eigenvalue weighted by atomic mass is 16.5. The van der Waals surface area contributed by atoms with Gasteiger partial charge in [0.1, 0.15) is 6.61 Å². The third-order valence-electron chi connectivity index (χ3n) is 3.44. The highest BCUT2D eigenvalue weighted by molar-refractivity contribution is 5.96. The zero-order chi connectivity index (χ0) is 15.4. The van der Waals surface area contributed by atoms with Gasteiger partial charge in [-0.15, -0.1) is 0 Å². The van der Waals surface area contributed by atoms with E-state index in [-0.39, 0.29) is 6.61 Å². The number of nitrogens with two attached hydrogens (primary N) is 1. The molecule has 2 aromatic rings. The minimum Gasteiger partial charge on any atom is -0.456 e. The van der Waals surface area contributed by atoms with Gasteiger partial charge in [-0.25, -0.2) is 4.79 Å². The largest absolute Gasteiger partial charge is 0.456 e. The zero-order valence-corrected chi connectivity index (χ0v) is 12.7. The van der Waals surface area contributed by atoms with Gasteiger partial charge in [0.15, 0.2) is 0 Å². The SMILES string of the molecule is CCc1cc(COC(=O)c2c(C)cccc2N)n(CC)n1. The molecule has 0 aliphatic heterocycles. The van der Waals surface area contributed by atoms with Crippen molar-refractivity contribution in [2.45, 2.75) is 40.3 Å². The molecule has 0 unspecified atom stereocenters. The van der Waals surface area contributed by atoms with Crippen LogP contribution in [-0.2, 0) is 24.3 Å². The number of aryl methyl sites for hydroxylation is 3. The molecule has 1 aromatic heterocycles. The molecule has 0 radical (unpaired) electrons. The molecule has 0 atom stereocenters. The second-order valence-corrected chi connectivity index (χ2v) is 4.91. The summed E-state index contributed by atoms with van der Waals surface area (Å²) in [5, 5.41) is 4.43. The number of hydrogen-bond donors (Lipinski definition) is 1. The highest BCUT2D eigenvalue weighted by Gasteiger charge is 2.15. The lowest BCUT2D eigenvalue weighted by Gasteiger charge is -2.10. The van der Waals surface area contributed by atoms with Crippen molar-refractivity contribution in [3.05, 3.63) is 46.8 Å². The van der Waals surface area contributed by atoms with Crippen molar-refractivity contribution in [2.75, 3.05) is 5.73 Å². The molecule has 112 valence electrons. The number of carbonyl (C=O) groups excluding carboxylic acids is 1. The molecule has 2 rings (SSSR count). The lowest BCUT2D eigenvalue weighted by atomic mass is 10.1. The first-order valence-electron chi connectivity index (χ1n) is 7.14. The molecule has 5 heteroatoms. The predicted octanol–water partition coefficient (Wildman–Crippen LogP) is 2.71. The molecular weight excluding hydrogens is 266 g/mol. The molecule has 0 spiro atoms. The summed E-state index contributed by atoms with van der Waals surface area (Å²) in [7, 11) is 0. The Labute approximate surface area is 124 Å². The van der Waals surface area contributed by atoms with E-state index < -0.39 is 5.97 Å². The van der Waals surface area contributed by atoms with Gasteiger partial charge in [0.2, 0.25) is 0 Å². The van der Waals surface area contributed by atoms with Crippen molar-refractivity contribution in [2.24, 2.45) is 0 Å². The predicted molar refractivity (Wildman–Crippen MR) is 82.0 cm³/mol. The van der Waals surface area contributed by atoms with Crippen LogP contribution in [-0.4, -0.2) is 15.7 Å². The Morgan fingerprint density at radius 1 is 1.38 bits per heavy atom. The van der Waals surface area contributed by atoms with Crippen molar-refractivity contribution in [3.8, 4) is 0 Å². The normalized spacial score (nSPS) is 10.6. The first-order chi connectivity index (χ1) is 10.1. The van der Waals surface area contributed by atoms with E-state index in [1.165, 1.54) is 0 Å². The van der Waals surface area contributed by atoms with Gasteiger partial charge in [-0.3, -0.25) is 4.68 Å². The molecular formula is C16H21N3O2. The van der Waals surface area contributed by atoms with Gasteiger partial charge in [0.25, 0.3) is 0 Å². The van der Waals surface area contributed by atoms with Gasteiger partial charge in [0.05, 0.1) is 17.0 Å². The number of esters is 1. The average molecular weight is 287 g/mol. The van der Waals surface area contributed by atoms with Crippen molar-refractivity contribution in [1.29, 1.82) is 0 Å². The summed E-state index contributed by atoms with van der Waals surface area (Å²) >= 11 is 0. The number of carbonyl (C=O) groups is 1. The van der Waals surface area contributed by atoms with Crippen molar-refractivity contribution in [3.63, 3.8) is 0 Å². The monoisotopic (exact) mass is 287 g/mol. The minimum atomic E-state index is -0.396. The fourth-order valence-corrected chi connectivity index (χ4v) is 2.26. The van der Waals surface area contributed by atoms with E-state index in [1.807, 2.05) is 43.7 Å². The summed E-state index contributed by atoms with van der Waals surface area (Å²) < 4.78 is 7.25. The van der Waals surface area contributed by atoms with Crippen LogP contribution < -0.4 is 5.73 Å². The van der Waals surface area contributed by atoms with Crippen LogP contribution in [0.5, 0.6) is 0 Å². The summed E-state index contributed by atoms with van der Waals surface area (Å²) in [5.41, 5.74) is 9.45. The van der Waals surface area contributed by atoms with Gasteiger partial charge in [-0.2, -0.15) is 5.10 Å². The molecule has 2 N–H and O–H groups in total. The summed E-state index contributed by atoms with van der Waals surface area (Å²) in [4.78, 5) is 12.2. The topological polar surface area (TPSA) is 70.1 Å². The number of benzene rings is 1. The Hall–Kier alpha value is -2.30. The first-order valence-corrected chi connectivity index (χ1v) is 7.14. The van der Waals surface area contributed by atoms with E-state index in [2.05, 4.69) is 5.10 Å². The Bertz CT molecular complexity index is 627. The maximum absolute atomic E-state index is 12.2. The zero-order valence-electron chi connectivity index (χ0n) is 12.7. The first kappa shape index (κ1) is 15.1. The van der Waals surface area contributed by atoms with E-state index in [0.29, 0.717) is 11.3 Å². The van der Waals surface area contributed by atoms with E-state index in [9.17, 15) is 4.79 Å². The quantitative estimate of drug-likeness (QED) is 0.678. The number of hydrogen-bond acceptors (Lipinski definition) is 4. The molecule has 0 aliphatic rings. The highest BCUT2D eigenvalue weighted by Crippen LogP contribution is 2.18. The molecule has 0 saturated heterocycles. The number of ether oxygens (including phenoxy) is 1. The van der Waals surface area contributed by atoms with Crippen LogP contribution >= 0.6 is 0 Å². The molecule has 0 amide bonds. The van der Waals surface area contributed by atoms with E-state index in [0.717, 1.165) is 29.9 Å². The van der Waals surface area contributed by atoms with Crippen LogP contribution in [0.4, 0.5) is 5.69 Å². The van der Waals surface area contributed by atoms with Gasteiger partial charge in [-0.1, -0.05) is 19.1 Å². The fraction of sp³-hybridized carbons (Fsp3) is 0.375. The molecule has 1 aromatic carbocycles. The summed E-state index contributed by atoms with van der Waals surface area (Å²) in [6.45, 7) is 6.86. The smallest absolute Gasteiger partial charge is 0.340 e. The summed E-state index contributed by atoms with van der Waals surface area (Å²) in [6, 6.07) is 7.34. The molecule has 0 aliphatic carbocycles. The third-order valence-corrected chi connectivity index (χ3v) is 3.44. The second kappa shape index (κ2) is 6.43. The molecule has 21 heavy (non-hydrogen) atoms. The maximum atomic E-state index is 12.2. The van der Waals surface area contributed by atoms with Crippen LogP contribution in [0.3, 0.4) is 0 Å². The summed E-state index contributed by atoms with van der Waals surface area (Å²) in [6.07, 6.45) is 0.860. The molecule has 1 heterocycles. The van der Waals surface area contributed by atoms with Crippen LogP contribution in [0.25, 0.3) is 0 Å². The number of rotatable bonds is 5. The fourth-order valence-electron chi connectivity index (χ4n) is 2.26. The number of aromatic nitrogens is 2. The Balaban J connectivity index is 2.13.